The molecule has 364 valence electrons. The predicted octanol–water partition coefficient (Wildman–Crippen LogP) is 13.6. The second-order valence-corrected chi connectivity index (χ2v) is 18.4. The van der Waals surface area contributed by atoms with E-state index in [0.29, 0.717) is 12.8 Å². The molecule has 0 aromatic rings. The van der Waals surface area contributed by atoms with Crippen LogP contribution < -0.4 is 5.11 Å². The third-order valence-corrected chi connectivity index (χ3v) is 11.4. The molecule has 0 saturated heterocycles. The molecular formula is C55H97NO7. The number of carboxylic acids is 1. The van der Waals surface area contributed by atoms with Crippen LogP contribution in [0.1, 0.15) is 219 Å². The van der Waals surface area contributed by atoms with Gasteiger partial charge in [-0.2, -0.15) is 0 Å². The topological polar surface area (TPSA) is 102 Å². The van der Waals surface area contributed by atoms with E-state index in [0.717, 1.165) is 83.5 Å². The van der Waals surface area contributed by atoms with Crippen molar-refractivity contribution in [2.24, 2.45) is 0 Å². The fourth-order valence-electron chi connectivity index (χ4n) is 7.45. The van der Waals surface area contributed by atoms with Crippen LogP contribution in [0.3, 0.4) is 0 Å². The van der Waals surface area contributed by atoms with Crippen molar-refractivity contribution >= 4 is 17.9 Å². The maximum Gasteiger partial charge on any atom is 0.306 e. The monoisotopic (exact) mass is 884 g/mol. The van der Waals surface area contributed by atoms with Crippen LogP contribution in [0.4, 0.5) is 0 Å². The maximum atomic E-state index is 12.8. The number of rotatable bonds is 46. The zero-order valence-electron chi connectivity index (χ0n) is 41.5. The standard InChI is InChI=1S/C55H97NO7/c1-6-8-10-12-14-16-18-20-22-24-25-26-27-28-30-31-33-35-37-39-41-43-45-53(57)62-50-51(49-61-48-47-52(55(59)60)56(3,4)5)63-54(58)46-44-42-40-38-36-34-32-29-23-21-19-17-15-13-11-9-7-2/h8,10,14,16,20,22,25-26,28,30,51-52H,6-7,9,11-13,15,17-19,21,23-24,27,29,31-50H2,1-5H3/b10-8+,16-14+,22-20+,26-25+,30-28+. The third-order valence-electron chi connectivity index (χ3n) is 11.4. The van der Waals surface area contributed by atoms with Gasteiger partial charge in [0.25, 0.3) is 0 Å². The summed E-state index contributed by atoms with van der Waals surface area (Å²) in [7, 11) is 5.41. The zero-order chi connectivity index (χ0) is 46.3. The number of aliphatic carboxylic acids is 1. The van der Waals surface area contributed by atoms with Crippen molar-refractivity contribution in [2.45, 2.75) is 231 Å². The fourth-order valence-corrected chi connectivity index (χ4v) is 7.45. The van der Waals surface area contributed by atoms with Crippen LogP contribution >= 0.6 is 0 Å². The summed E-state index contributed by atoms with van der Waals surface area (Å²) in [5, 5.41) is 11.7. The number of nitrogens with zero attached hydrogens (tertiary/aromatic N) is 1. The highest BCUT2D eigenvalue weighted by atomic mass is 16.6. The average molecular weight is 884 g/mol. The van der Waals surface area contributed by atoms with Gasteiger partial charge in [-0.1, -0.05) is 203 Å². The van der Waals surface area contributed by atoms with Crippen LogP contribution in [0.5, 0.6) is 0 Å². The van der Waals surface area contributed by atoms with Crippen molar-refractivity contribution in [2.75, 3.05) is 41.0 Å². The van der Waals surface area contributed by atoms with Crippen LogP contribution in [0.2, 0.25) is 0 Å². The average Bonchev–Trinajstić information content (AvgIpc) is 3.24. The number of unbranched alkanes of at least 4 members (excludes halogenated alkanes) is 22. The molecule has 0 heterocycles. The Bertz CT molecular complexity index is 1210. The minimum absolute atomic E-state index is 0.0363. The normalized spacial score (nSPS) is 13.3. The Balaban J connectivity index is 4.26. The Morgan fingerprint density at radius 3 is 1.32 bits per heavy atom. The van der Waals surface area contributed by atoms with Crippen molar-refractivity contribution in [1.82, 2.24) is 0 Å². The molecule has 0 aromatic heterocycles. The fraction of sp³-hybridized carbons (Fsp3) is 0.764. The summed E-state index contributed by atoms with van der Waals surface area (Å²) in [5.74, 6) is -1.75. The minimum atomic E-state index is -1.13. The van der Waals surface area contributed by atoms with Crippen LogP contribution in [0, 0.1) is 0 Å². The summed E-state index contributed by atoms with van der Waals surface area (Å²) in [5.41, 5.74) is 0. The summed E-state index contributed by atoms with van der Waals surface area (Å²) in [6.07, 6.45) is 56.7. The van der Waals surface area contributed by atoms with E-state index in [4.69, 9.17) is 14.2 Å². The molecule has 0 N–H and O–H groups in total. The molecule has 0 aliphatic carbocycles. The first kappa shape index (κ1) is 60.0. The number of hydrogen-bond acceptors (Lipinski definition) is 7. The number of quaternary nitrogens is 1. The van der Waals surface area contributed by atoms with Crippen molar-refractivity contribution in [3.63, 3.8) is 0 Å². The van der Waals surface area contributed by atoms with Crippen molar-refractivity contribution < 1.29 is 38.2 Å². The van der Waals surface area contributed by atoms with Crippen LogP contribution in [0.25, 0.3) is 0 Å². The number of ether oxygens (including phenoxy) is 3. The Hall–Kier alpha value is -2.97. The predicted molar refractivity (Wildman–Crippen MR) is 263 cm³/mol. The number of carboxylic acid groups (broad SMARTS) is 1. The Kier molecular flexibility index (Phi) is 43.4. The molecule has 2 unspecified atom stereocenters. The smallest absolute Gasteiger partial charge is 0.306 e. The van der Waals surface area contributed by atoms with E-state index in [1.165, 1.54) is 103 Å². The first-order valence-corrected chi connectivity index (χ1v) is 25.8. The maximum absolute atomic E-state index is 12.8. The number of carbonyl (C=O) groups excluding carboxylic acids is 3. The molecule has 0 radical (unpaired) electrons. The second kappa shape index (κ2) is 45.6. The van der Waals surface area contributed by atoms with Crippen molar-refractivity contribution in [3.8, 4) is 0 Å². The highest BCUT2D eigenvalue weighted by Crippen LogP contribution is 2.16. The molecular weight excluding hydrogens is 787 g/mol. The van der Waals surface area contributed by atoms with E-state index in [-0.39, 0.29) is 42.7 Å². The summed E-state index contributed by atoms with van der Waals surface area (Å²) >= 11 is 0. The highest BCUT2D eigenvalue weighted by Gasteiger charge is 2.25. The number of likely N-dealkylation sites (N-methyl/N-ethyl adjacent to an activating group) is 1. The first-order valence-electron chi connectivity index (χ1n) is 25.8. The minimum Gasteiger partial charge on any atom is -0.544 e. The summed E-state index contributed by atoms with van der Waals surface area (Å²) in [4.78, 5) is 37.0. The first-order chi connectivity index (χ1) is 30.6. The lowest BCUT2D eigenvalue weighted by Crippen LogP contribution is -2.55. The molecule has 0 fully saturated rings. The number of esters is 2. The van der Waals surface area contributed by atoms with Crippen molar-refractivity contribution in [1.29, 1.82) is 0 Å². The van der Waals surface area contributed by atoms with Gasteiger partial charge >= 0.3 is 11.9 Å². The number of carbonyl (C=O) groups is 3. The van der Waals surface area contributed by atoms with Crippen LogP contribution in [0.15, 0.2) is 60.8 Å². The molecule has 8 nitrogen and oxygen atoms in total. The summed E-state index contributed by atoms with van der Waals surface area (Å²) < 4.78 is 17.2. The van der Waals surface area contributed by atoms with Gasteiger partial charge in [-0.05, 0) is 57.8 Å². The van der Waals surface area contributed by atoms with Gasteiger partial charge in [0.1, 0.15) is 12.6 Å². The Morgan fingerprint density at radius 2 is 0.889 bits per heavy atom. The lowest BCUT2D eigenvalue weighted by Gasteiger charge is -2.34. The molecule has 0 bridgehead atoms. The molecule has 0 rings (SSSR count). The number of hydrogen-bond donors (Lipinski definition) is 0. The van der Waals surface area contributed by atoms with Gasteiger partial charge in [-0.25, -0.2) is 0 Å². The van der Waals surface area contributed by atoms with Crippen LogP contribution in [-0.2, 0) is 28.6 Å². The van der Waals surface area contributed by atoms with E-state index >= 15 is 0 Å². The van der Waals surface area contributed by atoms with Gasteiger partial charge in [-0.15, -0.1) is 0 Å². The van der Waals surface area contributed by atoms with E-state index < -0.39 is 18.1 Å². The van der Waals surface area contributed by atoms with Gasteiger partial charge in [0.15, 0.2) is 6.10 Å². The van der Waals surface area contributed by atoms with E-state index in [1.54, 1.807) is 21.1 Å². The largest absolute Gasteiger partial charge is 0.544 e. The molecule has 0 amide bonds. The van der Waals surface area contributed by atoms with Gasteiger partial charge in [0.2, 0.25) is 0 Å². The molecule has 8 heteroatoms. The van der Waals surface area contributed by atoms with E-state index in [2.05, 4.69) is 74.6 Å². The van der Waals surface area contributed by atoms with E-state index in [9.17, 15) is 19.5 Å². The lowest BCUT2D eigenvalue weighted by atomic mass is 10.0. The van der Waals surface area contributed by atoms with Crippen molar-refractivity contribution in [3.05, 3.63) is 60.8 Å². The highest BCUT2D eigenvalue weighted by molar-refractivity contribution is 5.70. The molecule has 0 aromatic carbocycles. The quantitative estimate of drug-likeness (QED) is 0.0260. The molecule has 0 saturated carbocycles. The molecule has 0 aliphatic rings. The van der Waals surface area contributed by atoms with Gasteiger partial charge in [0, 0.05) is 19.3 Å². The summed E-state index contributed by atoms with van der Waals surface area (Å²) in [6.45, 7) is 4.56. The molecule has 0 spiro atoms. The lowest BCUT2D eigenvalue weighted by molar-refractivity contribution is -0.889. The molecule has 63 heavy (non-hydrogen) atoms. The summed E-state index contributed by atoms with van der Waals surface area (Å²) in [6, 6.07) is -0.729. The van der Waals surface area contributed by atoms with E-state index in [1.807, 2.05) is 0 Å². The van der Waals surface area contributed by atoms with Gasteiger partial charge in [-0.3, -0.25) is 9.59 Å². The van der Waals surface area contributed by atoms with Gasteiger partial charge < -0.3 is 28.6 Å². The Morgan fingerprint density at radius 1 is 0.492 bits per heavy atom. The number of allylic oxidation sites excluding steroid dienone is 10. The Labute approximate surface area is 388 Å². The zero-order valence-corrected chi connectivity index (χ0v) is 41.5. The molecule has 0 aliphatic heterocycles. The third kappa shape index (κ3) is 44.0. The van der Waals surface area contributed by atoms with Crippen LogP contribution in [-0.4, -0.2) is 75.5 Å². The SMILES string of the molecule is CC/C=C/C/C=C/C/C=C/C/C=C/C/C=C/CCCCCCCCC(=O)OCC(COCCC(C(=O)[O-])[N+](C)(C)C)OC(=O)CCCCCCCCCCCCCCCCCCC. The second-order valence-electron chi connectivity index (χ2n) is 18.4. The molecule has 2 atom stereocenters. The van der Waals surface area contributed by atoms with Gasteiger partial charge in [0.05, 0.1) is 40.3 Å².